The fourth-order valence-electron chi connectivity index (χ4n) is 4.82. The summed E-state index contributed by atoms with van der Waals surface area (Å²) >= 11 is 0. The average molecular weight is 458 g/mol. The van der Waals surface area contributed by atoms with Crippen LogP contribution in [0.5, 0.6) is 0 Å². The monoisotopic (exact) mass is 457 g/mol. The van der Waals surface area contributed by atoms with E-state index in [1.807, 2.05) is 30.3 Å². The van der Waals surface area contributed by atoms with Crippen LogP contribution in [0.4, 0.5) is 11.5 Å². The van der Waals surface area contributed by atoms with Crippen molar-refractivity contribution in [1.29, 1.82) is 0 Å². The van der Waals surface area contributed by atoms with Gasteiger partial charge in [0.15, 0.2) is 11.4 Å². The predicted molar refractivity (Wildman–Crippen MR) is 136 cm³/mol. The number of nitrogens with zero attached hydrogens (tertiary/aromatic N) is 4. The number of piperidine rings is 1. The zero-order chi connectivity index (χ0) is 23.3. The van der Waals surface area contributed by atoms with Crippen molar-refractivity contribution in [1.82, 2.24) is 15.3 Å². The first-order valence-electron chi connectivity index (χ1n) is 12.2. The number of nitrogens with one attached hydrogen (secondary N) is 1. The molecular formula is C27H31N5O2. The molecule has 0 radical (unpaired) electrons. The molecule has 4 aromatic rings. The number of anilines is 2. The number of furan rings is 1. The highest BCUT2D eigenvalue weighted by molar-refractivity contribution is 6.05. The molecule has 176 valence electrons. The first kappa shape index (κ1) is 22.2. The number of hydrogen-bond donors (Lipinski definition) is 1. The largest absolute Gasteiger partial charge is 0.450 e. The van der Waals surface area contributed by atoms with E-state index in [1.54, 1.807) is 6.33 Å². The molecule has 1 fully saturated rings. The molecule has 7 heteroatoms. The van der Waals surface area contributed by atoms with E-state index < -0.39 is 0 Å². The van der Waals surface area contributed by atoms with Crippen LogP contribution in [-0.4, -0.2) is 48.6 Å². The van der Waals surface area contributed by atoms with Crippen LogP contribution in [0.25, 0.3) is 22.1 Å². The highest BCUT2D eigenvalue weighted by atomic mass is 16.3. The van der Waals surface area contributed by atoms with Gasteiger partial charge in [-0.3, -0.25) is 4.79 Å². The van der Waals surface area contributed by atoms with Gasteiger partial charge >= 0.3 is 0 Å². The Morgan fingerprint density at radius 2 is 1.85 bits per heavy atom. The third kappa shape index (κ3) is 4.55. The fourth-order valence-corrected chi connectivity index (χ4v) is 4.82. The highest BCUT2D eigenvalue weighted by Crippen LogP contribution is 2.33. The molecule has 1 saturated heterocycles. The van der Waals surface area contributed by atoms with E-state index in [0.717, 1.165) is 73.3 Å². The lowest BCUT2D eigenvalue weighted by Crippen LogP contribution is -2.41. The molecule has 0 atom stereocenters. The molecule has 1 amide bonds. The number of carbonyl (C=O) groups is 1. The van der Waals surface area contributed by atoms with Crippen LogP contribution in [0.3, 0.4) is 0 Å². The zero-order valence-electron chi connectivity index (χ0n) is 19.6. The second-order valence-corrected chi connectivity index (χ2v) is 8.79. The van der Waals surface area contributed by atoms with Crippen molar-refractivity contribution in [3.8, 4) is 0 Å². The van der Waals surface area contributed by atoms with Gasteiger partial charge in [0.05, 0.1) is 0 Å². The summed E-state index contributed by atoms with van der Waals surface area (Å²) < 4.78 is 6.09. The van der Waals surface area contributed by atoms with Crippen LogP contribution in [0, 0.1) is 5.92 Å². The Balaban J connectivity index is 1.13. The van der Waals surface area contributed by atoms with E-state index >= 15 is 0 Å². The van der Waals surface area contributed by atoms with E-state index in [0.29, 0.717) is 6.54 Å². The normalized spacial score (nSPS) is 14.6. The van der Waals surface area contributed by atoms with Gasteiger partial charge in [-0.15, -0.1) is 0 Å². The van der Waals surface area contributed by atoms with Crippen molar-refractivity contribution in [3.63, 3.8) is 0 Å². The summed E-state index contributed by atoms with van der Waals surface area (Å²) in [6.07, 6.45) is 4.15. The summed E-state index contributed by atoms with van der Waals surface area (Å²) in [5.74, 6) is 1.03. The number of amides is 1. The Hall–Kier alpha value is -3.61. The van der Waals surface area contributed by atoms with Crippen molar-refractivity contribution >= 4 is 39.5 Å². The third-order valence-electron chi connectivity index (χ3n) is 6.71. The fraction of sp³-hybridized carbons (Fsp3) is 0.370. The van der Waals surface area contributed by atoms with Crippen LogP contribution >= 0.6 is 0 Å². The van der Waals surface area contributed by atoms with Gasteiger partial charge in [-0.2, -0.15) is 0 Å². The van der Waals surface area contributed by atoms with Crippen LogP contribution in [0.15, 0.2) is 65.3 Å². The number of benzene rings is 2. The van der Waals surface area contributed by atoms with Crippen LogP contribution in [-0.2, 0) is 4.79 Å². The van der Waals surface area contributed by atoms with Gasteiger partial charge in [0.25, 0.3) is 0 Å². The molecule has 1 aliphatic rings. The summed E-state index contributed by atoms with van der Waals surface area (Å²) in [4.78, 5) is 26.3. The Kier molecular flexibility index (Phi) is 6.60. The van der Waals surface area contributed by atoms with Crippen LogP contribution in [0.2, 0.25) is 0 Å². The Morgan fingerprint density at radius 3 is 2.65 bits per heavy atom. The topological polar surface area (TPSA) is 74.5 Å². The second-order valence-electron chi connectivity index (χ2n) is 8.79. The molecule has 0 spiro atoms. The number of carbonyl (C=O) groups excluding carboxylic acids is 1. The Labute approximate surface area is 199 Å². The first-order chi connectivity index (χ1) is 16.7. The van der Waals surface area contributed by atoms with Gasteiger partial charge < -0.3 is 19.5 Å². The van der Waals surface area contributed by atoms with Gasteiger partial charge in [0, 0.05) is 49.7 Å². The molecular weight excluding hydrogens is 426 g/mol. The van der Waals surface area contributed by atoms with Crippen LogP contribution in [0.1, 0.15) is 26.2 Å². The maximum Gasteiger partial charge on any atom is 0.223 e. The van der Waals surface area contributed by atoms with Gasteiger partial charge in [0.2, 0.25) is 5.91 Å². The minimum atomic E-state index is 0.0423. The van der Waals surface area contributed by atoms with Crippen molar-refractivity contribution in [3.05, 3.63) is 60.9 Å². The lowest BCUT2D eigenvalue weighted by atomic mass is 9.96. The van der Waals surface area contributed by atoms with E-state index in [-0.39, 0.29) is 11.8 Å². The summed E-state index contributed by atoms with van der Waals surface area (Å²) in [5.41, 5.74) is 3.62. The van der Waals surface area contributed by atoms with E-state index in [2.05, 4.69) is 56.3 Å². The molecule has 0 aliphatic carbocycles. The molecule has 3 heterocycles. The Morgan fingerprint density at radius 1 is 1.09 bits per heavy atom. The molecule has 5 rings (SSSR count). The summed E-state index contributed by atoms with van der Waals surface area (Å²) in [5, 5.41) is 4.16. The average Bonchev–Trinajstić information content (AvgIpc) is 3.28. The summed E-state index contributed by atoms with van der Waals surface area (Å²) in [6, 6.07) is 18.4. The van der Waals surface area contributed by atoms with Crippen LogP contribution < -0.4 is 15.1 Å². The van der Waals surface area contributed by atoms with Crippen molar-refractivity contribution in [2.24, 2.45) is 5.92 Å². The molecule has 34 heavy (non-hydrogen) atoms. The minimum absolute atomic E-state index is 0.0423. The molecule has 0 saturated carbocycles. The van der Waals surface area contributed by atoms with E-state index in [9.17, 15) is 4.79 Å². The van der Waals surface area contributed by atoms with Gasteiger partial charge in [-0.1, -0.05) is 30.3 Å². The van der Waals surface area contributed by atoms with Crippen molar-refractivity contribution < 1.29 is 9.21 Å². The van der Waals surface area contributed by atoms with Gasteiger partial charge in [-0.05, 0) is 50.5 Å². The van der Waals surface area contributed by atoms with Crippen molar-refractivity contribution in [2.75, 3.05) is 42.5 Å². The molecule has 2 aromatic heterocycles. The molecule has 1 aliphatic heterocycles. The maximum atomic E-state index is 12.8. The second kappa shape index (κ2) is 10.1. The number of rotatable bonds is 8. The van der Waals surface area contributed by atoms with E-state index in [1.165, 1.54) is 5.69 Å². The van der Waals surface area contributed by atoms with E-state index in [4.69, 9.17) is 4.42 Å². The van der Waals surface area contributed by atoms with Gasteiger partial charge in [-0.25, -0.2) is 9.97 Å². The molecule has 0 bridgehead atoms. The lowest BCUT2D eigenvalue weighted by molar-refractivity contribution is -0.125. The highest BCUT2D eigenvalue weighted by Gasteiger charge is 2.27. The first-order valence-corrected chi connectivity index (χ1v) is 12.2. The quantitative estimate of drug-likeness (QED) is 0.389. The Bertz CT molecular complexity index is 1250. The van der Waals surface area contributed by atoms with Crippen molar-refractivity contribution in [2.45, 2.75) is 26.2 Å². The minimum Gasteiger partial charge on any atom is -0.450 e. The third-order valence-corrected chi connectivity index (χ3v) is 6.71. The lowest BCUT2D eigenvalue weighted by Gasteiger charge is -2.32. The van der Waals surface area contributed by atoms with Gasteiger partial charge in [0.1, 0.15) is 17.4 Å². The molecule has 2 aromatic carbocycles. The zero-order valence-corrected chi connectivity index (χ0v) is 19.6. The maximum absolute atomic E-state index is 12.8. The summed E-state index contributed by atoms with van der Waals surface area (Å²) in [7, 11) is 0. The number of hydrogen-bond acceptors (Lipinski definition) is 6. The molecule has 7 nitrogen and oxygen atoms in total. The smallest absolute Gasteiger partial charge is 0.223 e. The number of aromatic nitrogens is 2. The molecule has 0 unspecified atom stereocenters. The molecule has 1 N–H and O–H groups in total. The number of para-hydroxylation sites is 2. The standard InChI is InChI=1S/C27H31N5O2/c1-2-31(21-9-4-3-5-10-21)16-8-15-28-27(33)20-13-17-32(18-14-20)26-25-24(29-19-30-26)22-11-6-7-12-23(22)34-25/h3-7,9-12,19-20H,2,8,13-18H2,1H3,(H,28,33). The predicted octanol–water partition coefficient (Wildman–Crippen LogP) is 4.63. The summed E-state index contributed by atoms with van der Waals surface area (Å²) in [6.45, 7) is 6.31. The SMILES string of the molecule is CCN(CCCNC(=O)C1CCN(c2ncnc3c2oc2ccccc23)CC1)c1ccccc1. The number of fused-ring (bicyclic) bond motifs is 3.